The second kappa shape index (κ2) is 6.75. The number of hydrogen-bond acceptors (Lipinski definition) is 3. The lowest BCUT2D eigenvalue weighted by Crippen LogP contribution is -2.39. The number of carbonyl (C=O) groups excluding carboxylic acids is 1. The molecule has 0 aromatic heterocycles. The summed E-state index contributed by atoms with van der Waals surface area (Å²) in [6, 6.07) is 9.89. The van der Waals surface area contributed by atoms with Gasteiger partial charge in [-0.2, -0.15) is 0 Å². The molecule has 0 spiro atoms. The van der Waals surface area contributed by atoms with Gasteiger partial charge in [-0.15, -0.1) is 0 Å². The molecule has 2 rings (SSSR count). The van der Waals surface area contributed by atoms with Gasteiger partial charge in [-0.05, 0) is 37.9 Å². The van der Waals surface area contributed by atoms with Crippen molar-refractivity contribution in [3.63, 3.8) is 0 Å². The summed E-state index contributed by atoms with van der Waals surface area (Å²) in [5.74, 6) is 1.29. The highest BCUT2D eigenvalue weighted by Crippen LogP contribution is 2.24. The van der Waals surface area contributed by atoms with Gasteiger partial charge in [0, 0.05) is 12.6 Å². The third kappa shape index (κ3) is 3.51. The average molecular weight is 276 g/mol. The summed E-state index contributed by atoms with van der Waals surface area (Å²) in [6.45, 7) is 5.88. The molecule has 0 aliphatic carbocycles. The highest BCUT2D eigenvalue weighted by molar-refractivity contribution is 5.79. The minimum atomic E-state index is -0.130. The molecule has 3 unspecified atom stereocenters. The molecule has 3 atom stereocenters. The molecular weight excluding hydrogens is 252 g/mol. The molecule has 1 aliphatic heterocycles. The predicted octanol–water partition coefficient (Wildman–Crippen LogP) is 1.90. The van der Waals surface area contributed by atoms with Crippen LogP contribution in [-0.2, 0) is 4.79 Å². The van der Waals surface area contributed by atoms with Crippen LogP contribution in [0.3, 0.4) is 0 Å². The summed E-state index contributed by atoms with van der Waals surface area (Å²) in [5, 5.41) is 0. The minimum absolute atomic E-state index is 0.130. The average Bonchev–Trinajstić information content (AvgIpc) is 2.86. The molecule has 4 nitrogen and oxygen atoms in total. The second-order valence-corrected chi connectivity index (χ2v) is 5.70. The van der Waals surface area contributed by atoms with Crippen LogP contribution in [0.5, 0.6) is 5.75 Å². The summed E-state index contributed by atoms with van der Waals surface area (Å²) in [7, 11) is 0. The van der Waals surface area contributed by atoms with Crippen molar-refractivity contribution in [2.75, 3.05) is 19.7 Å². The van der Waals surface area contributed by atoms with Gasteiger partial charge in [0.05, 0.1) is 12.5 Å². The van der Waals surface area contributed by atoms with E-state index in [1.165, 1.54) is 0 Å². The van der Waals surface area contributed by atoms with Crippen molar-refractivity contribution in [1.82, 2.24) is 4.90 Å². The van der Waals surface area contributed by atoms with E-state index in [0.29, 0.717) is 19.1 Å². The lowest BCUT2D eigenvalue weighted by Gasteiger charge is -2.25. The molecule has 1 fully saturated rings. The van der Waals surface area contributed by atoms with Crippen molar-refractivity contribution in [3.8, 4) is 5.75 Å². The van der Waals surface area contributed by atoms with Gasteiger partial charge in [0.25, 0.3) is 0 Å². The Balaban J connectivity index is 1.86. The highest BCUT2D eigenvalue weighted by Gasteiger charge is 2.33. The van der Waals surface area contributed by atoms with E-state index in [0.717, 1.165) is 18.7 Å². The van der Waals surface area contributed by atoms with Gasteiger partial charge >= 0.3 is 0 Å². The Labute approximate surface area is 120 Å². The number of para-hydroxylation sites is 1. The van der Waals surface area contributed by atoms with Gasteiger partial charge in [0.1, 0.15) is 5.75 Å². The lowest BCUT2D eigenvalue weighted by molar-refractivity contribution is -0.136. The summed E-state index contributed by atoms with van der Waals surface area (Å²) >= 11 is 0. The van der Waals surface area contributed by atoms with Crippen LogP contribution >= 0.6 is 0 Å². The molecule has 2 N–H and O–H groups in total. The number of nitrogens with two attached hydrogens (primary N) is 1. The third-order valence-corrected chi connectivity index (χ3v) is 3.94. The minimum Gasteiger partial charge on any atom is -0.493 e. The Morgan fingerprint density at radius 3 is 2.75 bits per heavy atom. The van der Waals surface area contributed by atoms with E-state index in [1.54, 1.807) is 0 Å². The van der Waals surface area contributed by atoms with Gasteiger partial charge in [-0.3, -0.25) is 4.79 Å². The molecule has 0 bridgehead atoms. The van der Waals surface area contributed by atoms with Crippen molar-refractivity contribution in [3.05, 3.63) is 30.3 Å². The molecule has 1 aliphatic rings. The van der Waals surface area contributed by atoms with Gasteiger partial charge in [0.15, 0.2) is 0 Å². The fraction of sp³-hybridized carbons (Fsp3) is 0.562. The van der Waals surface area contributed by atoms with Crippen molar-refractivity contribution < 1.29 is 9.53 Å². The van der Waals surface area contributed by atoms with Crippen LogP contribution < -0.4 is 10.5 Å². The second-order valence-electron chi connectivity index (χ2n) is 5.70. The Morgan fingerprint density at radius 2 is 2.15 bits per heavy atom. The van der Waals surface area contributed by atoms with Crippen LogP contribution in [0.4, 0.5) is 0 Å². The molecule has 110 valence electrons. The number of rotatable bonds is 5. The van der Waals surface area contributed by atoms with E-state index in [1.807, 2.05) is 42.2 Å². The van der Waals surface area contributed by atoms with Gasteiger partial charge < -0.3 is 15.4 Å². The molecule has 1 aromatic rings. The number of amides is 1. The summed E-state index contributed by atoms with van der Waals surface area (Å²) in [6.07, 6.45) is 1.01. The van der Waals surface area contributed by atoms with Crippen LogP contribution in [-0.4, -0.2) is 36.5 Å². The Hall–Kier alpha value is -1.55. The number of hydrogen-bond donors (Lipinski definition) is 1. The van der Waals surface area contributed by atoms with E-state index < -0.39 is 0 Å². The normalized spacial score (nSPS) is 23.6. The molecule has 0 saturated carbocycles. The lowest BCUT2D eigenvalue weighted by atomic mass is 10.1. The zero-order valence-corrected chi connectivity index (χ0v) is 12.3. The molecule has 1 heterocycles. The summed E-state index contributed by atoms with van der Waals surface area (Å²) in [5.41, 5.74) is 5.71. The van der Waals surface area contributed by atoms with Crippen molar-refractivity contribution in [1.29, 1.82) is 0 Å². The monoisotopic (exact) mass is 276 g/mol. The topological polar surface area (TPSA) is 55.6 Å². The molecule has 1 amide bonds. The molecule has 1 saturated heterocycles. The number of carbonyl (C=O) groups is 1. The third-order valence-electron chi connectivity index (χ3n) is 3.94. The fourth-order valence-corrected chi connectivity index (χ4v) is 2.71. The van der Waals surface area contributed by atoms with Crippen LogP contribution in [0.1, 0.15) is 20.3 Å². The van der Waals surface area contributed by atoms with E-state index >= 15 is 0 Å². The van der Waals surface area contributed by atoms with Gasteiger partial charge in [0.2, 0.25) is 5.91 Å². The standard InChI is InChI=1S/C16H24N2O2/c1-12(11-20-15-6-4-3-5-7-15)16(19)18-10-14(9-17)8-13(18)2/h3-7,12-14H,8-11,17H2,1-2H3. The first-order chi connectivity index (χ1) is 9.61. The van der Waals surface area contributed by atoms with Crippen molar-refractivity contribution in [2.24, 2.45) is 17.6 Å². The van der Waals surface area contributed by atoms with Gasteiger partial charge in [-0.1, -0.05) is 25.1 Å². The first kappa shape index (κ1) is 14.9. The summed E-state index contributed by atoms with van der Waals surface area (Å²) in [4.78, 5) is 14.4. The SMILES string of the molecule is CC(COc1ccccc1)C(=O)N1CC(CN)CC1C. The van der Waals surface area contributed by atoms with Crippen LogP contribution in [0.25, 0.3) is 0 Å². The largest absolute Gasteiger partial charge is 0.493 e. The number of likely N-dealkylation sites (tertiary alicyclic amines) is 1. The number of nitrogens with zero attached hydrogens (tertiary/aromatic N) is 1. The smallest absolute Gasteiger partial charge is 0.229 e. The summed E-state index contributed by atoms with van der Waals surface area (Å²) < 4.78 is 5.66. The quantitative estimate of drug-likeness (QED) is 0.893. The van der Waals surface area contributed by atoms with E-state index in [4.69, 9.17) is 10.5 Å². The number of ether oxygens (including phenoxy) is 1. The molecule has 0 radical (unpaired) electrons. The first-order valence-electron chi connectivity index (χ1n) is 7.30. The molecular formula is C16H24N2O2. The van der Waals surface area contributed by atoms with Crippen LogP contribution in [0, 0.1) is 11.8 Å². The predicted molar refractivity (Wildman–Crippen MR) is 79.4 cm³/mol. The van der Waals surface area contributed by atoms with Crippen LogP contribution in [0.15, 0.2) is 30.3 Å². The maximum atomic E-state index is 12.4. The van der Waals surface area contributed by atoms with Crippen molar-refractivity contribution in [2.45, 2.75) is 26.3 Å². The maximum absolute atomic E-state index is 12.4. The van der Waals surface area contributed by atoms with E-state index in [9.17, 15) is 4.79 Å². The molecule has 4 heteroatoms. The fourth-order valence-electron chi connectivity index (χ4n) is 2.71. The van der Waals surface area contributed by atoms with Crippen molar-refractivity contribution >= 4 is 5.91 Å². The zero-order chi connectivity index (χ0) is 14.5. The van der Waals surface area contributed by atoms with E-state index in [2.05, 4.69) is 6.92 Å². The van der Waals surface area contributed by atoms with Gasteiger partial charge in [-0.25, -0.2) is 0 Å². The first-order valence-corrected chi connectivity index (χ1v) is 7.30. The zero-order valence-electron chi connectivity index (χ0n) is 12.3. The Kier molecular flexibility index (Phi) is 5.01. The molecule has 1 aromatic carbocycles. The Morgan fingerprint density at radius 1 is 1.45 bits per heavy atom. The highest BCUT2D eigenvalue weighted by atomic mass is 16.5. The maximum Gasteiger partial charge on any atom is 0.229 e. The number of benzene rings is 1. The van der Waals surface area contributed by atoms with E-state index in [-0.39, 0.29) is 17.9 Å². The molecule has 20 heavy (non-hydrogen) atoms. The van der Waals surface area contributed by atoms with Crippen LogP contribution in [0.2, 0.25) is 0 Å². The Bertz CT molecular complexity index is 435.